The highest BCUT2D eigenvalue weighted by atomic mass is 16.5. The normalized spacial score (nSPS) is 15.2. The van der Waals surface area contributed by atoms with Crippen molar-refractivity contribution in [3.8, 4) is 0 Å². The first-order valence-corrected chi connectivity index (χ1v) is 7.76. The van der Waals surface area contributed by atoms with Gasteiger partial charge >= 0.3 is 0 Å². The zero-order valence-corrected chi connectivity index (χ0v) is 14.0. The number of ketones is 1. The molecule has 1 aliphatic rings. The van der Waals surface area contributed by atoms with Crippen molar-refractivity contribution in [2.75, 3.05) is 31.2 Å². The van der Waals surface area contributed by atoms with Crippen molar-refractivity contribution in [1.29, 1.82) is 0 Å². The lowest BCUT2D eigenvalue weighted by atomic mass is 9.97. The molecule has 1 fully saturated rings. The Kier molecular flexibility index (Phi) is 3.93. The van der Waals surface area contributed by atoms with Crippen LogP contribution in [0.5, 0.6) is 0 Å². The van der Waals surface area contributed by atoms with Crippen LogP contribution in [-0.2, 0) is 11.8 Å². The number of morpholine rings is 1. The molecule has 0 unspecified atom stereocenters. The van der Waals surface area contributed by atoms with E-state index in [9.17, 15) is 9.59 Å². The van der Waals surface area contributed by atoms with Gasteiger partial charge in [0, 0.05) is 25.7 Å². The van der Waals surface area contributed by atoms with Crippen molar-refractivity contribution < 1.29 is 9.53 Å². The van der Waals surface area contributed by atoms with E-state index in [4.69, 9.17) is 9.72 Å². The van der Waals surface area contributed by atoms with E-state index in [1.165, 1.54) is 6.92 Å². The van der Waals surface area contributed by atoms with Crippen molar-refractivity contribution in [3.63, 3.8) is 0 Å². The molecular formula is C17H21N3O3. The van der Waals surface area contributed by atoms with Crippen LogP contribution in [0.25, 0.3) is 10.9 Å². The molecule has 0 bridgehead atoms. The summed E-state index contributed by atoms with van der Waals surface area (Å²) < 4.78 is 6.93. The molecule has 0 saturated carbocycles. The number of nitrogens with zero attached hydrogens (tertiary/aromatic N) is 3. The van der Waals surface area contributed by atoms with Crippen molar-refractivity contribution in [2.24, 2.45) is 7.05 Å². The Morgan fingerprint density at radius 3 is 2.52 bits per heavy atom. The molecule has 2 heterocycles. The summed E-state index contributed by atoms with van der Waals surface area (Å²) in [6, 6.07) is 1.83. The highest BCUT2D eigenvalue weighted by Crippen LogP contribution is 2.24. The number of carbonyl (C=O) groups is 1. The first-order chi connectivity index (χ1) is 10.9. The molecule has 23 heavy (non-hydrogen) atoms. The fraction of sp³-hybridized carbons (Fsp3) is 0.471. The quantitative estimate of drug-likeness (QED) is 0.788. The molecule has 6 nitrogen and oxygen atoms in total. The number of aromatic nitrogens is 2. The maximum absolute atomic E-state index is 12.8. The third-order valence-corrected chi connectivity index (χ3v) is 4.51. The van der Waals surface area contributed by atoms with Crippen molar-refractivity contribution in [3.05, 3.63) is 33.1 Å². The lowest BCUT2D eigenvalue weighted by Gasteiger charge is -2.29. The predicted octanol–water partition coefficient (Wildman–Crippen LogP) is 1.59. The summed E-state index contributed by atoms with van der Waals surface area (Å²) in [7, 11) is 1.72. The molecule has 0 atom stereocenters. The average Bonchev–Trinajstić information content (AvgIpc) is 2.53. The van der Waals surface area contributed by atoms with Crippen LogP contribution in [-0.4, -0.2) is 41.6 Å². The highest BCUT2D eigenvalue weighted by molar-refractivity contribution is 6.07. The van der Waals surface area contributed by atoms with Crippen molar-refractivity contribution in [2.45, 2.75) is 20.8 Å². The second kappa shape index (κ2) is 5.77. The molecule has 6 heteroatoms. The van der Waals surface area contributed by atoms with Crippen LogP contribution in [0.1, 0.15) is 28.4 Å². The number of ether oxygens (including phenoxy) is 1. The number of fused-ring (bicyclic) bond motifs is 1. The van der Waals surface area contributed by atoms with Gasteiger partial charge in [-0.1, -0.05) is 0 Å². The number of aryl methyl sites for hydroxylation is 1. The predicted molar refractivity (Wildman–Crippen MR) is 89.5 cm³/mol. The number of carbonyl (C=O) groups excluding carboxylic acids is 1. The maximum Gasteiger partial charge on any atom is 0.262 e. The summed E-state index contributed by atoms with van der Waals surface area (Å²) in [5, 5.41) is 0.498. The summed E-state index contributed by atoms with van der Waals surface area (Å²) in [6.45, 7) is 7.93. The number of rotatable bonds is 2. The lowest BCUT2D eigenvalue weighted by molar-refractivity contribution is 0.101. The van der Waals surface area contributed by atoms with Crippen LogP contribution in [0.3, 0.4) is 0 Å². The van der Waals surface area contributed by atoms with Gasteiger partial charge in [0.1, 0.15) is 0 Å². The number of hydrogen-bond acceptors (Lipinski definition) is 5. The highest BCUT2D eigenvalue weighted by Gasteiger charge is 2.21. The van der Waals surface area contributed by atoms with E-state index in [-0.39, 0.29) is 11.3 Å². The number of anilines is 1. The zero-order chi connectivity index (χ0) is 16.7. The third-order valence-electron chi connectivity index (χ3n) is 4.51. The lowest BCUT2D eigenvalue weighted by Crippen LogP contribution is -2.40. The Bertz CT molecular complexity index is 849. The SMILES string of the molecule is CC(=O)c1c(C)c(C)cc2c(=O)n(C)c(N3CCOCC3)nc12. The molecule has 122 valence electrons. The number of hydrogen-bond donors (Lipinski definition) is 0. The second-order valence-electron chi connectivity index (χ2n) is 6.02. The molecule has 1 aromatic carbocycles. The van der Waals surface area contributed by atoms with E-state index in [0.29, 0.717) is 48.7 Å². The van der Waals surface area contributed by atoms with Gasteiger partial charge in [-0.05, 0) is 38.0 Å². The van der Waals surface area contributed by atoms with Gasteiger partial charge in [0.15, 0.2) is 5.78 Å². The van der Waals surface area contributed by atoms with Crippen LogP contribution < -0.4 is 10.5 Å². The third kappa shape index (κ3) is 2.53. The van der Waals surface area contributed by atoms with Crippen LogP contribution in [0.4, 0.5) is 5.95 Å². The summed E-state index contributed by atoms with van der Waals surface area (Å²) in [5.41, 5.74) is 2.75. The van der Waals surface area contributed by atoms with Gasteiger partial charge < -0.3 is 9.64 Å². The van der Waals surface area contributed by atoms with Gasteiger partial charge in [0.2, 0.25) is 5.95 Å². The van der Waals surface area contributed by atoms with Gasteiger partial charge in [-0.3, -0.25) is 14.2 Å². The summed E-state index contributed by atoms with van der Waals surface area (Å²) >= 11 is 0. The molecule has 2 aromatic rings. The van der Waals surface area contributed by atoms with Crippen LogP contribution in [0.2, 0.25) is 0 Å². The molecule has 0 N–H and O–H groups in total. The van der Waals surface area contributed by atoms with Crippen molar-refractivity contribution in [1.82, 2.24) is 9.55 Å². The first-order valence-electron chi connectivity index (χ1n) is 7.76. The summed E-state index contributed by atoms with van der Waals surface area (Å²) in [5.74, 6) is 0.529. The van der Waals surface area contributed by atoms with Crippen LogP contribution in [0.15, 0.2) is 10.9 Å². The Balaban J connectivity index is 2.35. The topological polar surface area (TPSA) is 64.4 Å². The van der Waals surface area contributed by atoms with E-state index < -0.39 is 0 Å². The van der Waals surface area contributed by atoms with Crippen LogP contribution >= 0.6 is 0 Å². The molecular weight excluding hydrogens is 294 g/mol. The minimum Gasteiger partial charge on any atom is -0.378 e. The van der Waals surface area contributed by atoms with E-state index in [1.54, 1.807) is 11.6 Å². The molecule has 0 radical (unpaired) electrons. The fourth-order valence-corrected chi connectivity index (χ4v) is 3.11. The van der Waals surface area contributed by atoms with Gasteiger partial charge in [0.25, 0.3) is 5.56 Å². The Morgan fingerprint density at radius 2 is 1.91 bits per heavy atom. The molecule has 1 aliphatic heterocycles. The van der Waals surface area contributed by atoms with Gasteiger partial charge in [-0.2, -0.15) is 0 Å². The van der Waals surface area contributed by atoms with Crippen molar-refractivity contribution >= 4 is 22.6 Å². The Morgan fingerprint density at radius 1 is 1.26 bits per heavy atom. The van der Waals surface area contributed by atoms with Gasteiger partial charge in [0.05, 0.1) is 24.1 Å². The van der Waals surface area contributed by atoms with E-state index in [2.05, 4.69) is 0 Å². The van der Waals surface area contributed by atoms with Gasteiger partial charge in [-0.25, -0.2) is 4.98 Å². The number of Topliss-reactive ketones (excluding diaryl/α,β-unsaturated/α-hetero) is 1. The van der Waals surface area contributed by atoms with Gasteiger partial charge in [-0.15, -0.1) is 0 Å². The second-order valence-corrected chi connectivity index (χ2v) is 6.02. The Labute approximate surface area is 134 Å². The minimum absolute atomic E-state index is 0.0649. The van der Waals surface area contributed by atoms with E-state index >= 15 is 0 Å². The minimum atomic E-state index is -0.123. The van der Waals surface area contributed by atoms with E-state index in [1.807, 2.05) is 24.8 Å². The standard InChI is InChI=1S/C17H21N3O3/c1-10-9-13-15(14(11(10)2)12(3)21)18-17(19(4)16(13)22)20-5-7-23-8-6-20/h9H,5-8H2,1-4H3. The largest absolute Gasteiger partial charge is 0.378 e. The molecule has 3 rings (SSSR count). The molecule has 1 saturated heterocycles. The smallest absolute Gasteiger partial charge is 0.262 e. The maximum atomic E-state index is 12.8. The molecule has 0 spiro atoms. The average molecular weight is 315 g/mol. The number of benzene rings is 1. The van der Waals surface area contributed by atoms with Crippen LogP contribution in [0, 0.1) is 13.8 Å². The first kappa shape index (κ1) is 15.7. The molecule has 0 amide bonds. The summed E-state index contributed by atoms with van der Waals surface area (Å²) in [6.07, 6.45) is 0. The zero-order valence-electron chi connectivity index (χ0n) is 14.0. The van der Waals surface area contributed by atoms with E-state index in [0.717, 1.165) is 11.1 Å². The Hall–Kier alpha value is -2.21. The fourth-order valence-electron chi connectivity index (χ4n) is 3.11. The molecule has 0 aliphatic carbocycles. The summed E-state index contributed by atoms with van der Waals surface area (Å²) in [4.78, 5) is 31.6. The monoisotopic (exact) mass is 315 g/mol. The molecule has 1 aromatic heterocycles.